The van der Waals surface area contributed by atoms with Gasteiger partial charge in [0.15, 0.2) is 0 Å². The first-order chi connectivity index (χ1) is 10.5. The van der Waals surface area contributed by atoms with E-state index in [0.29, 0.717) is 0 Å². The summed E-state index contributed by atoms with van der Waals surface area (Å²) in [6, 6.07) is 8.12. The summed E-state index contributed by atoms with van der Waals surface area (Å²) in [7, 11) is 1.84. The van der Waals surface area contributed by atoms with Crippen LogP contribution in [0.5, 0.6) is 0 Å². The Morgan fingerprint density at radius 3 is 2.64 bits per heavy atom. The fraction of sp³-hybridized carbons (Fsp3) is 0.294. The molecule has 1 atom stereocenters. The van der Waals surface area contributed by atoms with E-state index >= 15 is 0 Å². The van der Waals surface area contributed by atoms with E-state index in [2.05, 4.69) is 27.8 Å². The number of carbonyl (C=O) groups is 1. The van der Waals surface area contributed by atoms with Crippen molar-refractivity contribution in [2.45, 2.75) is 25.4 Å². The quantitative estimate of drug-likeness (QED) is 0.849. The molecule has 1 aromatic carbocycles. The molecule has 0 saturated heterocycles. The minimum absolute atomic E-state index is 0.00958. The van der Waals surface area contributed by atoms with Crippen molar-refractivity contribution >= 4 is 23.0 Å². The van der Waals surface area contributed by atoms with E-state index in [-0.39, 0.29) is 12.1 Å². The zero-order valence-electron chi connectivity index (χ0n) is 12.8. The minimum atomic E-state index is -0.479. The molecule has 5 nitrogen and oxygen atoms in total. The molecule has 2 aromatic rings. The lowest BCUT2D eigenvalue weighted by molar-refractivity contribution is -0.121. The summed E-state index contributed by atoms with van der Waals surface area (Å²) in [6.45, 7) is 3.95. The number of amides is 1. The molecule has 1 aromatic heterocycles. The molecule has 0 radical (unpaired) electrons. The van der Waals surface area contributed by atoms with Crippen LogP contribution in [-0.2, 0) is 10.2 Å². The first-order valence-corrected chi connectivity index (χ1v) is 7.38. The molecule has 0 saturated carbocycles. The van der Waals surface area contributed by atoms with Crippen LogP contribution in [0.25, 0.3) is 0 Å². The highest BCUT2D eigenvalue weighted by molar-refractivity contribution is 6.08. The van der Waals surface area contributed by atoms with Gasteiger partial charge >= 0.3 is 0 Å². The summed E-state index contributed by atoms with van der Waals surface area (Å²) in [5.74, 6) is 0.134. The molecule has 0 aliphatic carbocycles. The molecular formula is C17H18N4O. The molecule has 5 heteroatoms. The van der Waals surface area contributed by atoms with Gasteiger partial charge in [0.1, 0.15) is 6.17 Å². The normalized spacial score (nSPS) is 21.1. The Kier molecular flexibility index (Phi) is 2.52. The molecule has 0 bridgehead atoms. The van der Waals surface area contributed by atoms with Gasteiger partial charge in [-0.05, 0) is 37.6 Å². The van der Waals surface area contributed by atoms with Crippen molar-refractivity contribution in [1.29, 1.82) is 0 Å². The number of nitrogens with one attached hydrogen (secondary N) is 2. The smallest absolute Gasteiger partial charge is 0.236 e. The second-order valence-corrected chi connectivity index (χ2v) is 6.41. The topological polar surface area (TPSA) is 57.3 Å². The average molecular weight is 294 g/mol. The van der Waals surface area contributed by atoms with Crippen LogP contribution < -0.4 is 15.5 Å². The lowest BCUT2D eigenvalue weighted by Gasteiger charge is -2.16. The summed E-state index contributed by atoms with van der Waals surface area (Å²) < 4.78 is 0. The lowest BCUT2D eigenvalue weighted by atomic mass is 9.86. The van der Waals surface area contributed by atoms with Crippen LogP contribution in [-0.4, -0.2) is 17.9 Å². The van der Waals surface area contributed by atoms with Crippen molar-refractivity contribution in [3.63, 3.8) is 0 Å². The first-order valence-electron chi connectivity index (χ1n) is 7.38. The number of hydrogen-bond donors (Lipinski definition) is 2. The number of benzene rings is 1. The van der Waals surface area contributed by atoms with E-state index in [1.54, 1.807) is 11.1 Å². The zero-order chi connectivity index (χ0) is 15.5. The molecule has 0 fully saturated rings. The van der Waals surface area contributed by atoms with Gasteiger partial charge in [0, 0.05) is 30.7 Å². The second kappa shape index (κ2) is 4.22. The Hall–Kier alpha value is -2.56. The van der Waals surface area contributed by atoms with Crippen molar-refractivity contribution < 1.29 is 4.79 Å². The first kappa shape index (κ1) is 13.1. The number of carbonyl (C=O) groups excluding carboxylic acids is 1. The maximum atomic E-state index is 12.4. The van der Waals surface area contributed by atoms with Crippen LogP contribution in [0.1, 0.15) is 31.1 Å². The molecular weight excluding hydrogens is 276 g/mol. The van der Waals surface area contributed by atoms with Gasteiger partial charge < -0.3 is 15.5 Å². The van der Waals surface area contributed by atoms with Crippen molar-refractivity contribution in [3.05, 3.63) is 47.8 Å². The summed E-state index contributed by atoms with van der Waals surface area (Å²) in [4.78, 5) is 18.3. The Morgan fingerprint density at radius 1 is 1.23 bits per heavy atom. The molecule has 0 spiro atoms. The van der Waals surface area contributed by atoms with E-state index in [0.717, 1.165) is 28.2 Å². The molecule has 1 unspecified atom stereocenters. The van der Waals surface area contributed by atoms with Crippen LogP contribution in [0.4, 0.5) is 17.1 Å². The highest BCUT2D eigenvalue weighted by atomic mass is 16.2. The third kappa shape index (κ3) is 1.65. The van der Waals surface area contributed by atoms with Gasteiger partial charge in [-0.25, -0.2) is 0 Å². The lowest BCUT2D eigenvalue weighted by Crippen LogP contribution is -2.33. The fourth-order valence-electron chi connectivity index (χ4n) is 3.31. The van der Waals surface area contributed by atoms with Crippen LogP contribution in [0.15, 0.2) is 36.7 Å². The van der Waals surface area contributed by atoms with Gasteiger partial charge in [-0.1, -0.05) is 6.07 Å². The van der Waals surface area contributed by atoms with E-state index in [1.165, 1.54) is 0 Å². The minimum Gasteiger partial charge on any atom is -0.360 e. The Morgan fingerprint density at radius 2 is 1.95 bits per heavy atom. The predicted octanol–water partition coefficient (Wildman–Crippen LogP) is 2.87. The average Bonchev–Trinajstić information content (AvgIpc) is 3.01. The maximum absolute atomic E-state index is 12.4. The van der Waals surface area contributed by atoms with Crippen molar-refractivity contribution in [1.82, 2.24) is 4.98 Å². The van der Waals surface area contributed by atoms with Crippen molar-refractivity contribution in [2.75, 3.05) is 22.6 Å². The van der Waals surface area contributed by atoms with E-state index in [1.807, 2.05) is 39.2 Å². The summed E-state index contributed by atoms with van der Waals surface area (Å²) >= 11 is 0. The Labute approximate surface area is 129 Å². The predicted molar refractivity (Wildman–Crippen MR) is 87.1 cm³/mol. The Balaban J connectivity index is 1.75. The zero-order valence-corrected chi connectivity index (χ0v) is 12.8. The largest absolute Gasteiger partial charge is 0.360 e. The monoisotopic (exact) mass is 294 g/mol. The van der Waals surface area contributed by atoms with Crippen molar-refractivity contribution in [3.8, 4) is 0 Å². The summed E-state index contributed by atoms with van der Waals surface area (Å²) in [5.41, 5.74) is 4.71. The number of pyridine rings is 1. The highest BCUT2D eigenvalue weighted by Crippen LogP contribution is 2.47. The molecule has 3 heterocycles. The molecule has 1 amide bonds. The number of rotatable bonds is 1. The summed E-state index contributed by atoms with van der Waals surface area (Å²) in [5, 5.41) is 6.92. The molecule has 2 aliphatic heterocycles. The van der Waals surface area contributed by atoms with E-state index < -0.39 is 5.41 Å². The molecule has 2 aliphatic rings. The number of nitrogens with zero attached hydrogens (tertiary/aromatic N) is 2. The van der Waals surface area contributed by atoms with Gasteiger partial charge in [0.2, 0.25) is 5.91 Å². The third-order valence-electron chi connectivity index (χ3n) is 4.63. The van der Waals surface area contributed by atoms with Gasteiger partial charge in [-0.3, -0.25) is 9.78 Å². The molecule has 4 rings (SSSR count). The maximum Gasteiger partial charge on any atom is 0.236 e. The van der Waals surface area contributed by atoms with E-state index in [9.17, 15) is 4.79 Å². The number of likely N-dealkylation sites (N-methyl/N-ethyl adjacent to an activating group) is 1. The molecule has 2 N–H and O–H groups in total. The molecule has 22 heavy (non-hydrogen) atoms. The highest BCUT2D eigenvalue weighted by Gasteiger charge is 2.43. The van der Waals surface area contributed by atoms with Gasteiger partial charge in [0.25, 0.3) is 0 Å². The SMILES string of the molecule is CN1C(=O)C(C)(C)c2cc3c(cc21)NC(c1cccnc1)N3. The van der Waals surface area contributed by atoms with E-state index in [4.69, 9.17) is 0 Å². The van der Waals surface area contributed by atoms with Crippen LogP contribution in [0.2, 0.25) is 0 Å². The number of aromatic nitrogens is 1. The second-order valence-electron chi connectivity index (χ2n) is 6.41. The van der Waals surface area contributed by atoms with Crippen LogP contribution in [0, 0.1) is 0 Å². The number of hydrogen-bond acceptors (Lipinski definition) is 4. The van der Waals surface area contributed by atoms with Crippen LogP contribution in [0.3, 0.4) is 0 Å². The van der Waals surface area contributed by atoms with Gasteiger partial charge in [-0.2, -0.15) is 0 Å². The fourth-order valence-corrected chi connectivity index (χ4v) is 3.31. The number of fused-ring (bicyclic) bond motifs is 2. The summed E-state index contributed by atoms with van der Waals surface area (Å²) in [6.07, 6.45) is 3.63. The Bertz CT molecular complexity index is 770. The van der Waals surface area contributed by atoms with Gasteiger partial charge in [-0.15, -0.1) is 0 Å². The van der Waals surface area contributed by atoms with Crippen molar-refractivity contribution in [2.24, 2.45) is 0 Å². The molecule has 112 valence electrons. The third-order valence-corrected chi connectivity index (χ3v) is 4.63. The van der Waals surface area contributed by atoms with Gasteiger partial charge in [0.05, 0.1) is 16.8 Å². The number of anilines is 3. The standard InChI is InChI=1S/C17H18N4O/c1-17(2)11-7-12-13(8-14(11)21(3)16(17)22)20-15(19-12)10-5-4-6-18-9-10/h4-9,15,19-20H,1-3H3. The van der Waals surface area contributed by atoms with Crippen LogP contribution >= 0.6 is 0 Å².